The molecule has 2 aromatic rings. The maximum atomic E-state index is 12.0. The van der Waals surface area contributed by atoms with E-state index in [0.29, 0.717) is 0 Å². The summed E-state index contributed by atoms with van der Waals surface area (Å²) in [6, 6.07) is 8.11. The minimum atomic E-state index is -0.0198. The average molecular weight is 246 g/mol. The number of nitrogens with one attached hydrogen (secondary N) is 2. The van der Waals surface area contributed by atoms with Crippen LogP contribution in [0.5, 0.6) is 0 Å². The normalized spacial score (nSPS) is 19.6. The first-order chi connectivity index (χ1) is 8.34. The highest BCUT2D eigenvalue weighted by atomic mass is 32.1. The molecule has 0 bridgehead atoms. The van der Waals surface area contributed by atoms with Crippen molar-refractivity contribution in [2.75, 3.05) is 11.9 Å². The van der Waals surface area contributed by atoms with Gasteiger partial charge in [-0.2, -0.15) is 0 Å². The molecule has 1 aliphatic rings. The van der Waals surface area contributed by atoms with Crippen molar-refractivity contribution in [2.45, 2.75) is 18.9 Å². The largest absolute Gasteiger partial charge is 0.323 e. The maximum Gasteiger partial charge on any atom is 0.241 e. The highest BCUT2D eigenvalue weighted by Gasteiger charge is 2.22. The minimum absolute atomic E-state index is 0.0198. The predicted octanol–water partition coefficient (Wildman–Crippen LogP) is 2.59. The third-order valence-corrected chi connectivity index (χ3v) is 4.08. The van der Waals surface area contributed by atoms with Crippen molar-refractivity contribution in [3.8, 4) is 0 Å². The summed E-state index contributed by atoms with van der Waals surface area (Å²) in [6.07, 6.45) is 2.02. The molecule has 1 fully saturated rings. The van der Waals surface area contributed by atoms with Crippen LogP contribution in [-0.4, -0.2) is 18.5 Å². The highest BCUT2D eigenvalue weighted by molar-refractivity contribution is 7.17. The molecule has 17 heavy (non-hydrogen) atoms. The first-order valence-corrected chi connectivity index (χ1v) is 6.73. The van der Waals surface area contributed by atoms with Gasteiger partial charge >= 0.3 is 0 Å². The fourth-order valence-electron chi connectivity index (χ4n) is 2.20. The van der Waals surface area contributed by atoms with Crippen LogP contribution in [0.3, 0.4) is 0 Å². The first-order valence-electron chi connectivity index (χ1n) is 5.85. The van der Waals surface area contributed by atoms with Crippen molar-refractivity contribution in [3.63, 3.8) is 0 Å². The van der Waals surface area contributed by atoms with Crippen molar-refractivity contribution in [3.05, 3.63) is 29.6 Å². The Morgan fingerprint density at radius 3 is 3.12 bits per heavy atom. The van der Waals surface area contributed by atoms with Gasteiger partial charge in [0.2, 0.25) is 5.91 Å². The van der Waals surface area contributed by atoms with Crippen molar-refractivity contribution in [2.24, 2.45) is 0 Å². The molecular formula is C13H14N2OS. The number of amides is 1. The smallest absolute Gasteiger partial charge is 0.241 e. The van der Waals surface area contributed by atoms with E-state index in [9.17, 15) is 4.79 Å². The molecule has 0 spiro atoms. The number of hydrogen-bond donors (Lipinski definition) is 2. The zero-order valence-electron chi connectivity index (χ0n) is 9.40. The second kappa shape index (κ2) is 4.47. The quantitative estimate of drug-likeness (QED) is 0.855. The predicted molar refractivity (Wildman–Crippen MR) is 71.5 cm³/mol. The SMILES string of the molecule is O=C(Nc1csc2ccccc12)C1CCCN1. The average Bonchev–Trinajstić information content (AvgIpc) is 2.98. The van der Waals surface area contributed by atoms with E-state index < -0.39 is 0 Å². The summed E-state index contributed by atoms with van der Waals surface area (Å²) in [6.45, 7) is 0.947. The standard InChI is InChI=1S/C13H14N2OS/c16-13(10-5-3-7-14-10)15-11-8-17-12-6-2-1-4-9(11)12/h1-2,4,6,8,10,14H,3,5,7H2,(H,15,16). The molecule has 3 nitrogen and oxygen atoms in total. The van der Waals surface area contributed by atoms with Gasteiger partial charge in [-0.25, -0.2) is 0 Å². The van der Waals surface area contributed by atoms with Crippen molar-refractivity contribution in [1.29, 1.82) is 0 Å². The van der Waals surface area contributed by atoms with Gasteiger partial charge in [-0.05, 0) is 25.5 Å². The lowest BCUT2D eigenvalue weighted by molar-refractivity contribution is -0.117. The second-order valence-corrected chi connectivity index (χ2v) is 5.19. The Morgan fingerprint density at radius 2 is 2.29 bits per heavy atom. The Labute approximate surface area is 104 Å². The van der Waals surface area contributed by atoms with Gasteiger partial charge in [0.1, 0.15) is 0 Å². The van der Waals surface area contributed by atoms with E-state index in [2.05, 4.69) is 16.7 Å². The van der Waals surface area contributed by atoms with E-state index in [1.54, 1.807) is 11.3 Å². The molecule has 1 aromatic heterocycles. The van der Waals surface area contributed by atoms with Gasteiger partial charge in [-0.15, -0.1) is 11.3 Å². The minimum Gasteiger partial charge on any atom is -0.323 e. The van der Waals surface area contributed by atoms with Crippen LogP contribution in [0.1, 0.15) is 12.8 Å². The maximum absolute atomic E-state index is 12.0. The van der Waals surface area contributed by atoms with Gasteiger partial charge in [0.15, 0.2) is 0 Å². The second-order valence-electron chi connectivity index (χ2n) is 4.28. The Morgan fingerprint density at radius 1 is 1.41 bits per heavy atom. The van der Waals surface area contributed by atoms with Crippen molar-refractivity contribution < 1.29 is 4.79 Å². The van der Waals surface area contributed by atoms with Crippen LogP contribution in [0.2, 0.25) is 0 Å². The molecule has 0 saturated carbocycles. The molecule has 1 amide bonds. The van der Waals surface area contributed by atoms with Crippen LogP contribution in [0, 0.1) is 0 Å². The number of rotatable bonds is 2. The van der Waals surface area contributed by atoms with Crippen molar-refractivity contribution >= 4 is 33.0 Å². The fourth-order valence-corrected chi connectivity index (χ4v) is 3.10. The molecule has 88 valence electrons. The molecule has 1 aromatic carbocycles. The Balaban J connectivity index is 1.82. The number of carbonyl (C=O) groups is 1. The molecule has 1 saturated heterocycles. The molecule has 1 aliphatic heterocycles. The van der Waals surface area contributed by atoms with Gasteiger partial charge in [-0.1, -0.05) is 18.2 Å². The van der Waals surface area contributed by atoms with E-state index in [0.717, 1.165) is 30.5 Å². The fraction of sp³-hybridized carbons (Fsp3) is 0.308. The van der Waals surface area contributed by atoms with Crippen LogP contribution in [-0.2, 0) is 4.79 Å². The molecule has 3 rings (SSSR count). The number of anilines is 1. The Hall–Kier alpha value is -1.39. The summed E-state index contributed by atoms with van der Waals surface area (Å²) in [5, 5.41) is 9.36. The summed E-state index contributed by atoms with van der Waals surface area (Å²) < 4.78 is 1.21. The summed E-state index contributed by atoms with van der Waals surface area (Å²) in [5.41, 5.74) is 0.935. The number of fused-ring (bicyclic) bond motifs is 1. The molecule has 1 unspecified atom stereocenters. The number of carbonyl (C=O) groups excluding carboxylic acids is 1. The lowest BCUT2D eigenvalue weighted by atomic mass is 10.2. The molecule has 4 heteroatoms. The molecule has 1 atom stereocenters. The van der Waals surface area contributed by atoms with Crippen LogP contribution in [0.25, 0.3) is 10.1 Å². The molecule has 0 radical (unpaired) electrons. The highest BCUT2D eigenvalue weighted by Crippen LogP contribution is 2.30. The van der Waals surface area contributed by atoms with Crippen LogP contribution < -0.4 is 10.6 Å². The van der Waals surface area contributed by atoms with E-state index in [4.69, 9.17) is 0 Å². The zero-order chi connectivity index (χ0) is 11.7. The van der Waals surface area contributed by atoms with Gasteiger partial charge in [-0.3, -0.25) is 4.79 Å². The summed E-state index contributed by atoms with van der Waals surface area (Å²) in [5.74, 6) is 0.0889. The number of hydrogen-bond acceptors (Lipinski definition) is 3. The van der Waals surface area contributed by atoms with E-state index in [-0.39, 0.29) is 11.9 Å². The molecular weight excluding hydrogens is 232 g/mol. The molecule has 2 N–H and O–H groups in total. The van der Waals surface area contributed by atoms with Gasteiger partial charge in [0.25, 0.3) is 0 Å². The third kappa shape index (κ3) is 2.06. The van der Waals surface area contributed by atoms with E-state index in [1.807, 2.05) is 23.6 Å². The lowest BCUT2D eigenvalue weighted by Gasteiger charge is -2.10. The molecule has 2 heterocycles. The summed E-state index contributed by atoms with van der Waals surface area (Å²) in [4.78, 5) is 12.0. The topological polar surface area (TPSA) is 41.1 Å². The first kappa shape index (κ1) is 10.7. The van der Waals surface area contributed by atoms with Crippen molar-refractivity contribution in [1.82, 2.24) is 5.32 Å². The van der Waals surface area contributed by atoms with Gasteiger partial charge in [0, 0.05) is 15.5 Å². The Kier molecular flexibility index (Phi) is 2.82. The summed E-state index contributed by atoms with van der Waals surface area (Å²) >= 11 is 1.66. The van der Waals surface area contributed by atoms with Crippen LogP contribution in [0.4, 0.5) is 5.69 Å². The zero-order valence-corrected chi connectivity index (χ0v) is 10.2. The number of thiophene rings is 1. The van der Waals surface area contributed by atoms with Crippen LogP contribution >= 0.6 is 11.3 Å². The summed E-state index contributed by atoms with van der Waals surface area (Å²) in [7, 11) is 0. The monoisotopic (exact) mass is 246 g/mol. The third-order valence-electron chi connectivity index (χ3n) is 3.12. The van der Waals surface area contributed by atoms with E-state index in [1.165, 1.54) is 4.70 Å². The van der Waals surface area contributed by atoms with E-state index >= 15 is 0 Å². The van der Waals surface area contributed by atoms with Gasteiger partial charge in [0.05, 0.1) is 11.7 Å². The Bertz CT molecular complexity index is 543. The number of benzene rings is 1. The van der Waals surface area contributed by atoms with Crippen LogP contribution in [0.15, 0.2) is 29.6 Å². The lowest BCUT2D eigenvalue weighted by Crippen LogP contribution is -2.35. The molecule has 0 aliphatic carbocycles. The van der Waals surface area contributed by atoms with Gasteiger partial charge < -0.3 is 10.6 Å².